The van der Waals surface area contributed by atoms with Crippen molar-refractivity contribution in [3.05, 3.63) is 0 Å². The van der Waals surface area contributed by atoms with E-state index in [4.69, 9.17) is 4.74 Å². The zero-order valence-electron chi connectivity index (χ0n) is 13.8. The molecule has 0 N–H and O–H groups in total. The summed E-state index contributed by atoms with van der Waals surface area (Å²) in [5.74, 6) is 3.81. The van der Waals surface area contributed by atoms with Crippen LogP contribution in [-0.4, -0.2) is 37.6 Å². The summed E-state index contributed by atoms with van der Waals surface area (Å²) >= 11 is 0. The number of piperidine rings is 1. The Bertz CT molecular complexity index is 326. The number of hydrogen-bond donors (Lipinski definition) is 0. The molecule has 2 rings (SSSR count). The van der Waals surface area contributed by atoms with Gasteiger partial charge in [0.2, 0.25) is 0 Å². The van der Waals surface area contributed by atoms with Crippen LogP contribution in [0.4, 0.5) is 0 Å². The van der Waals surface area contributed by atoms with Gasteiger partial charge in [0.25, 0.3) is 0 Å². The number of carbonyl (C=O) groups is 1. The highest BCUT2D eigenvalue weighted by molar-refractivity contribution is 5.71. The van der Waals surface area contributed by atoms with Gasteiger partial charge in [-0.3, -0.25) is 4.79 Å². The van der Waals surface area contributed by atoms with Crippen LogP contribution >= 0.6 is 0 Å². The highest BCUT2D eigenvalue weighted by Gasteiger charge is 2.45. The first-order chi connectivity index (χ1) is 9.43. The van der Waals surface area contributed by atoms with Crippen molar-refractivity contribution in [3.8, 4) is 0 Å². The molecule has 3 nitrogen and oxygen atoms in total. The second kappa shape index (κ2) is 6.46. The van der Waals surface area contributed by atoms with Gasteiger partial charge in [-0.2, -0.15) is 0 Å². The predicted molar refractivity (Wildman–Crippen MR) is 81.3 cm³/mol. The number of esters is 1. The molecule has 1 aliphatic heterocycles. The van der Waals surface area contributed by atoms with Crippen LogP contribution in [0.15, 0.2) is 0 Å². The maximum atomic E-state index is 11.9. The van der Waals surface area contributed by atoms with Gasteiger partial charge in [0.15, 0.2) is 0 Å². The van der Waals surface area contributed by atoms with E-state index < -0.39 is 0 Å². The number of rotatable bonds is 4. The van der Waals surface area contributed by atoms with Crippen LogP contribution in [0.25, 0.3) is 0 Å². The number of carbonyl (C=O) groups excluding carboxylic acids is 1. The SMILES string of the molecule is CCOC(=O)C(C)CC1C2CN(C)CC1C(C)CC2C. The van der Waals surface area contributed by atoms with Crippen LogP contribution < -0.4 is 0 Å². The minimum absolute atomic E-state index is 0.00944. The number of hydrogen-bond acceptors (Lipinski definition) is 3. The molecule has 1 aliphatic carbocycles. The van der Waals surface area contributed by atoms with Gasteiger partial charge in [-0.15, -0.1) is 0 Å². The number of likely N-dealkylation sites (tertiary alicyclic amines) is 1. The Balaban J connectivity index is 2.07. The highest BCUT2D eigenvalue weighted by Crippen LogP contribution is 2.48. The Morgan fingerprint density at radius 3 is 2.30 bits per heavy atom. The summed E-state index contributed by atoms with van der Waals surface area (Å²) < 4.78 is 5.19. The average molecular weight is 281 g/mol. The zero-order chi connectivity index (χ0) is 14.9. The van der Waals surface area contributed by atoms with Crippen molar-refractivity contribution in [2.75, 3.05) is 26.7 Å². The van der Waals surface area contributed by atoms with Crippen molar-refractivity contribution < 1.29 is 9.53 Å². The first-order valence-corrected chi connectivity index (χ1v) is 8.29. The summed E-state index contributed by atoms with van der Waals surface area (Å²) in [5, 5.41) is 0. The van der Waals surface area contributed by atoms with E-state index in [0.717, 1.165) is 30.1 Å². The van der Waals surface area contributed by atoms with Gasteiger partial charge in [0.05, 0.1) is 12.5 Å². The van der Waals surface area contributed by atoms with Crippen molar-refractivity contribution in [3.63, 3.8) is 0 Å². The van der Waals surface area contributed by atoms with Gasteiger partial charge >= 0.3 is 5.97 Å². The minimum Gasteiger partial charge on any atom is -0.466 e. The van der Waals surface area contributed by atoms with E-state index >= 15 is 0 Å². The lowest BCUT2D eigenvalue weighted by Crippen LogP contribution is -2.53. The molecule has 1 saturated carbocycles. The third-order valence-corrected chi connectivity index (χ3v) is 5.66. The molecule has 20 heavy (non-hydrogen) atoms. The molecule has 5 unspecified atom stereocenters. The second-order valence-corrected chi connectivity index (χ2v) is 7.29. The molecule has 0 amide bonds. The first-order valence-electron chi connectivity index (χ1n) is 8.29. The topological polar surface area (TPSA) is 29.5 Å². The molecule has 0 aromatic heterocycles. The van der Waals surface area contributed by atoms with Crippen LogP contribution in [0.1, 0.15) is 40.5 Å². The van der Waals surface area contributed by atoms with Gasteiger partial charge in [-0.05, 0) is 56.4 Å². The Kier molecular flexibility index (Phi) is 5.11. The molecule has 2 fully saturated rings. The number of nitrogens with zero attached hydrogens (tertiary/aromatic N) is 1. The van der Waals surface area contributed by atoms with Crippen molar-refractivity contribution in [1.29, 1.82) is 0 Å². The standard InChI is InChI=1S/C17H31NO2/c1-6-20-17(19)13(4)8-14-15-9-18(5)10-16(14)12(3)7-11(15)2/h11-16H,6-10H2,1-5H3. The summed E-state index contributed by atoms with van der Waals surface area (Å²) in [6.07, 6.45) is 2.37. The lowest BCUT2D eigenvalue weighted by Gasteiger charge is -2.52. The van der Waals surface area contributed by atoms with Gasteiger partial charge in [-0.1, -0.05) is 20.8 Å². The average Bonchev–Trinajstić information content (AvgIpc) is 2.38. The molecule has 0 aromatic rings. The first kappa shape index (κ1) is 15.8. The summed E-state index contributed by atoms with van der Waals surface area (Å²) in [6, 6.07) is 0. The molecule has 3 heteroatoms. The Morgan fingerprint density at radius 1 is 1.25 bits per heavy atom. The quantitative estimate of drug-likeness (QED) is 0.742. The van der Waals surface area contributed by atoms with E-state index in [1.807, 2.05) is 13.8 Å². The van der Waals surface area contributed by atoms with Gasteiger partial charge in [-0.25, -0.2) is 0 Å². The Hall–Kier alpha value is -0.570. The summed E-state index contributed by atoms with van der Waals surface area (Å²) in [4.78, 5) is 14.4. The molecule has 0 radical (unpaired) electrons. The molecule has 0 aromatic carbocycles. The molecule has 1 saturated heterocycles. The van der Waals surface area contributed by atoms with Crippen molar-refractivity contribution in [2.24, 2.45) is 35.5 Å². The van der Waals surface area contributed by atoms with E-state index in [0.29, 0.717) is 12.5 Å². The van der Waals surface area contributed by atoms with Gasteiger partial charge < -0.3 is 9.64 Å². The Morgan fingerprint density at radius 2 is 1.80 bits per heavy atom. The maximum Gasteiger partial charge on any atom is 0.308 e. The third-order valence-electron chi connectivity index (χ3n) is 5.66. The van der Waals surface area contributed by atoms with Crippen molar-refractivity contribution in [2.45, 2.75) is 40.5 Å². The largest absolute Gasteiger partial charge is 0.466 e. The van der Waals surface area contributed by atoms with Crippen molar-refractivity contribution in [1.82, 2.24) is 4.90 Å². The number of fused-ring (bicyclic) bond motifs is 2. The van der Waals surface area contributed by atoms with Crippen LogP contribution in [-0.2, 0) is 9.53 Å². The normalized spacial score (nSPS) is 39.4. The molecular formula is C17H31NO2. The summed E-state index contributed by atoms with van der Waals surface area (Å²) in [6.45, 7) is 11.6. The molecule has 116 valence electrons. The summed E-state index contributed by atoms with van der Waals surface area (Å²) in [5.41, 5.74) is 0. The monoisotopic (exact) mass is 281 g/mol. The van der Waals surface area contributed by atoms with Crippen LogP contribution in [0, 0.1) is 35.5 Å². The number of ether oxygens (including phenoxy) is 1. The smallest absolute Gasteiger partial charge is 0.308 e. The highest BCUT2D eigenvalue weighted by atomic mass is 16.5. The van der Waals surface area contributed by atoms with E-state index in [1.165, 1.54) is 19.5 Å². The second-order valence-electron chi connectivity index (χ2n) is 7.29. The molecule has 2 aliphatic rings. The van der Waals surface area contributed by atoms with E-state index in [-0.39, 0.29) is 11.9 Å². The minimum atomic E-state index is -0.00944. The maximum absolute atomic E-state index is 11.9. The fraction of sp³-hybridized carbons (Fsp3) is 0.941. The third kappa shape index (κ3) is 3.19. The van der Waals surface area contributed by atoms with Crippen LogP contribution in [0.5, 0.6) is 0 Å². The molecule has 2 bridgehead atoms. The lowest BCUT2D eigenvalue weighted by molar-refractivity contribution is -0.149. The van der Waals surface area contributed by atoms with E-state index in [9.17, 15) is 4.79 Å². The summed E-state index contributed by atoms with van der Waals surface area (Å²) in [7, 11) is 2.25. The predicted octanol–water partition coefficient (Wildman–Crippen LogP) is 3.05. The fourth-order valence-electron chi connectivity index (χ4n) is 4.66. The van der Waals surface area contributed by atoms with Crippen molar-refractivity contribution >= 4 is 5.97 Å². The molecule has 1 heterocycles. The van der Waals surface area contributed by atoms with Gasteiger partial charge in [0.1, 0.15) is 0 Å². The lowest BCUT2D eigenvalue weighted by atomic mass is 9.58. The van der Waals surface area contributed by atoms with E-state index in [2.05, 4.69) is 25.8 Å². The Labute approximate surface area is 124 Å². The zero-order valence-corrected chi connectivity index (χ0v) is 13.8. The van der Waals surface area contributed by atoms with Crippen LogP contribution in [0.2, 0.25) is 0 Å². The molecule has 5 atom stereocenters. The van der Waals surface area contributed by atoms with Gasteiger partial charge in [0, 0.05) is 13.1 Å². The van der Waals surface area contributed by atoms with Crippen LogP contribution in [0.3, 0.4) is 0 Å². The molecular weight excluding hydrogens is 250 g/mol. The molecule has 0 spiro atoms. The van der Waals surface area contributed by atoms with E-state index in [1.54, 1.807) is 0 Å². The fourth-order valence-corrected chi connectivity index (χ4v) is 4.66.